The van der Waals surface area contributed by atoms with Gasteiger partial charge in [-0.2, -0.15) is 0 Å². The quantitative estimate of drug-likeness (QED) is 0.461. The van der Waals surface area contributed by atoms with E-state index in [4.69, 9.17) is 9.26 Å². The maximum absolute atomic E-state index is 13.5. The SMILES string of the molecule is Cn1cnnc1SCCNC(=O)c1cc(COc2ccc(F)cc2F)on1. The molecule has 0 saturated heterocycles. The van der Waals surface area contributed by atoms with Gasteiger partial charge in [0.05, 0.1) is 0 Å². The van der Waals surface area contributed by atoms with Gasteiger partial charge in [-0.1, -0.05) is 16.9 Å². The molecule has 0 bridgehead atoms. The molecule has 0 aliphatic rings. The second-order valence-corrected chi connectivity index (χ2v) is 6.43. The second-order valence-electron chi connectivity index (χ2n) is 5.37. The minimum Gasteiger partial charge on any atom is -0.482 e. The number of halogens is 2. The van der Waals surface area contributed by atoms with Crippen LogP contribution in [0.3, 0.4) is 0 Å². The van der Waals surface area contributed by atoms with Gasteiger partial charge in [-0.05, 0) is 12.1 Å². The molecule has 2 heterocycles. The van der Waals surface area contributed by atoms with Crippen molar-refractivity contribution < 1.29 is 22.8 Å². The van der Waals surface area contributed by atoms with Crippen molar-refractivity contribution >= 4 is 17.7 Å². The molecule has 3 rings (SSSR count). The Morgan fingerprint density at radius 3 is 2.96 bits per heavy atom. The zero-order valence-corrected chi connectivity index (χ0v) is 15.0. The minimum absolute atomic E-state index is 0.0804. The first-order chi connectivity index (χ1) is 13.0. The standard InChI is InChI=1S/C16H15F2N5O3S/c1-23-9-20-21-16(23)27-5-4-19-15(24)13-7-11(26-22-13)8-25-14-3-2-10(17)6-12(14)18/h2-3,6-7,9H,4-5,8H2,1H3,(H,19,24). The summed E-state index contributed by atoms with van der Waals surface area (Å²) in [6.07, 6.45) is 1.59. The monoisotopic (exact) mass is 395 g/mol. The fourth-order valence-corrected chi connectivity index (χ4v) is 2.77. The molecule has 1 amide bonds. The molecule has 1 aromatic carbocycles. The number of carbonyl (C=O) groups is 1. The summed E-state index contributed by atoms with van der Waals surface area (Å²) in [7, 11) is 1.83. The number of nitrogens with one attached hydrogen (secondary N) is 1. The fourth-order valence-electron chi connectivity index (χ4n) is 2.03. The van der Waals surface area contributed by atoms with E-state index in [1.54, 1.807) is 10.9 Å². The molecule has 11 heteroatoms. The van der Waals surface area contributed by atoms with E-state index < -0.39 is 17.5 Å². The molecule has 8 nitrogen and oxygen atoms in total. The van der Waals surface area contributed by atoms with Gasteiger partial charge in [0.15, 0.2) is 28.2 Å². The first-order valence-corrected chi connectivity index (χ1v) is 8.80. The Labute approximate surface area is 156 Å². The molecule has 2 aromatic heterocycles. The Balaban J connectivity index is 1.45. The highest BCUT2D eigenvalue weighted by molar-refractivity contribution is 7.99. The Bertz CT molecular complexity index is 930. The van der Waals surface area contributed by atoms with Crippen LogP contribution in [-0.2, 0) is 13.7 Å². The van der Waals surface area contributed by atoms with E-state index in [0.29, 0.717) is 18.4 Å². The van der Waals surface area contributed by atoms with Crippen LogP contribution in [0.2, 0.25) is 0 Å². The Morgan fingerprint density at radius 2 is 2.22 bits per heavy atom. The highest BCUT2D eigenvalue weighted by Crippen LogP contribution is 2.19. The third-order valence-corrected chi connectivity index (χ3v) is 4.38. The van der Waals surface area contributed by atoms with Crippen LogP contribution in [0, 0.1) is 11.6 Å². The second kappa shape index (κ2) is 8.62. The van der Waals surface area contributed by atoms with E-state index in [2.05, 4.69) is 20.7 Å². The molecule has 0 aliphatic carbocycles. The van der Waals surface area contributed by atoms with Gasteiger partial charge in [-0.25, -0.2) is 8.78 Å². The van der Waals surface area contributed by atoms with Gasteiger partial charge in [-0.15, -0.1) is 10.2 Å². The van der Waals surface area contributed by atoms with Crippen molar-refractivity contribution in [3.63, 3.8) is 0 Å². The van der Waals surface area contributed by atoms with Gasteiger partial charge in [0, 0.05) is 31.5 Å². The number of aromatic nitrogens is 4. The summed E-state index contributed by atoms with van der Waals surface area (Å²) in [6, 6.07) is 4.36. The Morgan fingerprint density at radius 1 is 1.37 bits per heavy atom. The lowest BCUT2D eigenvalue weighted by atomic mass is 10.3. The zero-order valence-electron chi connectivity index (χ0n) is 14.2. The Hall–Kier alpha value is -2.95. The third-order valence-electron chi connectivity index (χ3n) is 3.34. The van der Waals surface area contributed by atoms with Crippen molar-refractivity contribution in [1.82, 2.24) is 25.2 Å². The Kier molecular flexibility index (Phi) is 6.01. The van der Waals surface area contributed by atoms with E-state index in [0.717, 1.165) is 11.2 Å². The summed E-state index contributed by atoms with van der Waals surface area (Å²) < 4.78 is 38.3. The molecule has 0 atom stereocenters. The fraction of sp³-hybridized carbons (Fsp3) is 0.250. The number of nitrogens with zero attached hydrogens (tertiary/aromatic N) is 4. The van der Waals surface area contributed by atoms with E-state index in [9.17, 15) is 13.6 Å². The maximum atomic E-state index is 13.5. The lowest BCUT2D eigenvalue weighted by Crippen LogP contribution is -2.26. The van der Waals surface area contributed by atoms with Gasteiger partial charge >= 0.3 is 0 Å². The van der Waals surface area contributed by atoms with Gasteiger partial charge in [0.25, 0.3) is 5.91 Å². The molecule has 0 saturated carbocycles. The van der Waals surface area contributed by atoms with Gasteiger partial charge in [0.1, 0.15) is 18.8 Å². The van der Waals surface area contributed by atoms with Crippen molar-refractivity contribution in [3.8, 4) is 5.75 Å². The molecule has 142 valence electrons. The average Bonchev–Trinajstić information content (AvgIpc) is 3.27. The highest BCUT2D eigenvalue weighted by Gasteiger charge is 2.14. The molecule has 0 fully saturated rings. The normalized spacial score (nSPS) is 10.8. The van der Waals surface area contributed by atoms with E-state index in [1.165, 1.54) is 23.9 Å². The van der Waals surface area contributed by atoms with Crippen molar-refractivity contribution in [2.45, 2.75) is 11.8 Å². The number of aryl methyl sites for hydroxylation is 1. The molecular formula is C16H15F2N5O3S. The van der Waals surface area contributed by atoms with Crippen LogP contribution in [0.5, 0.6) is 5.75 Å². The number of carbonyl (C=O) groups excluding carboxylic acids is 1. The third kappa shape index (κ3) is 5.03. The van der Waals surface area contributed by atoms with Crippen LogP contribution in [0.1, 0.15) is 16.2 Å². The van der Waals surface area contributed by atoms with Crippen molar-refractivity contribution in [1.29, 1.82) is 0 Å². The summed E-state index contributed by atoms with van der Waals surface area (Å²) in [4.78, 5) is 12.0. The van der Waals surface area contributed by atoms with Crippen LogP contribution in [-0.4, -0.2) is 38.1 Å². The van der Waals surface area contributed by atoms with Crippen molar-refractivity contribution in [2.75, 3.05) is 12.3 Å². The summed E-state index contributed by atoms with van der Waals surface area (Å²) >= 11 is 1.45. The predicted octanol–water partition coefficient (Wildman–Crippen LogP) is 2.18. The molecule has 0 radical (unpaired) electrons. The number of amides is 1. The summed E-state index contributed by atoms with van der Waals surface area (Å²) in [5, 5.41) is 14.8. The molecule has 0 unspecified atom stereocenters. The molecule has 27 heavy (non-hydrogen) atoms. The summed E-state index contributed by atoms with van der Waals surface area (Å²) in [5.74, 6) is -1.21. The number of hydrogen-bond acceptors (Lipinski definition) is 7. The van der Waals surface area contributed by atoms with E-state index in [1.807, 2.05) is 7.05 Å². The average molecular weight is 395 g/mol. The minimum atomic E-state index is -0.826. The van der Waals surface area contributed by atoms with Crippen LogP contribution in [0.15, 0.2) is 40.3 Å². The van der Waals surface area contributed by atoms with Crippen LogP contribution >= 0.6 is 11.8 Å². The first kappa shape index (κ1) is 18.8. The first-order valence-electron chi connectivity index (χ1n) is 7.81. The van der Waals surface area contributed by atoms with E-state index in [-0.39, 0.29) is 23.8 Å². The van der Waals surface area contributed by atoms with Crippen LogP contribution < -0.4 is 10.1 Å². The number of ether oxygens (including phenoxy) is 1. The smallest absolute Gasteiger partial charge is 0.273 e. The van der Waals surface area contributed by atoms with Gasteiger partial charge in [-0.3, -0.25) is 4.79 Å². The number of thioether (sulfide) groups is 1. The van der Waals surface area contributed by atoms with Crippen LogP contribution in [0.4, 0.5) is 8.78 Å². The number of benzene rings is 1. The maximum Gasteiger partial charge on any atom is 0.273 e. The summed E-state index contributed by atoms with van der Waals surface area (Å²) in [5.41, 5.74) is 0.0804. The number of rotatable bonds is 8. The van der Waals surface area contributed by atoms with Crippen molar-refractivity contribution in [3.05, 3.63) is 53.7 Å². The molecule has 3 aromatic rings. The number of hydrogen-bond donors (Lipinski definition) is 1. The largest absolute Gasteiger partial charge is 0.482 e. The molecule has 1 N–H and O–H groups in total. The molecule has 0 spiro atoms. The lowest BCUT2D eigenvalue weighted by molar-refractivity contribution is 0.0947. The van der Waals surface area contributed by atoms with Crippen molar-refractivity contribution in [2.24, 2.45) is 7.05 Å². The predicted molar refractivity (Wildman–Crippen MR) is 91.3 cm³/mol. The molecule has 0 aliphatic heterocycles. The molecular weight excluding hydrogens is 380 g/mol. The zero-order chi connectivity index (χ0) is 19.2. The highest BCUT2D eigenvalue weighted by atomic mass is 32.2. The van der Waals surface area contributed by atoms with E-state index >= 15 is 0 Å². The summed E-state index contributed by atoms with van der Waals surface area (Å²) in [6.45, 7) is 0.251. The topological polar surface area (TPSA) is 95.1 Å². The lowest BCUT2D eigenvalue weighted by Gasteiger charge is -2.04. The van der Waals surface area contributed by atoms with Gasteiger partial charge in [0.2, 0.25) is 0 Å². The van der Waals surface area contributed by atoms with Crippen LogP contribution in [0.25, 0.3) is 0 Å². The van der Waals surface area contributed by atoms with Gasteiger partial charge < -0.3 is 19.1 Å².